The maximum atomic E-state index is 13.4. The number of aryl methyl sites for hydroxylation is 1. The van der Waals surface area contributed by atoms with Crippen molar-refractivity contribution in [2.45, 2.75) is 44.8 Å². The fraction of sp³-hybridized carbons (Fsp3) is 0.400. The first-order chi connectivity index (χ1) is 14.3. The number of amides is 3. The molecule has 3 amide bonds. The van der Waals surface area contributed by atoms with Crippen molar-refractivity contribution < 1.29 is 22.8 Å². The third-order valence-corrected chi connectivity index (χ3v) is 6.41. The molecular weight excluding hydrogens is 431 g/mol. The van der Waals surface area contributed by atoms with Crippen LogP contribution in [-0.4, -0.2) is 45.6 Å². The van der Waals surface area contributed by atoms with Crippen molar-refractivity contribution in [2.75, 3.05) is 11.9 Å². The standard InChI is InChI=1S/C20H22F3N5O2S/c1-10-6-8-28(14(10)16(24)29)18(30)27-17-26-11(2)15(31-17)12-5-7-25-13(9-12)19(3,4)20(21,22)23/h5,7,9,14H,1,6,8H2,2-4H3,(H2,24,29)(H,26,27,30)/t14-/m0/s1. The zero-order chi connectivity index (χ0) is 23.1. The number of likely N-dealkylation sites (tertiary alicyclic amines) is 1. The van der Waals surface area contributed by atoms with Gasteiger partial charge in [-0.2, -0.15) is 13.2 Å². The molecule has 1 aliphatic heterocycles. The van der Waals surface area contributed by atoms with Crippen molar-refractivity contribution in [1.82, 2.24) is 14.9 Å². The van der Waals surface area contributed by atoms with E-state index in [-0.39, 0.29) is 10.8 Å². The maximum Gasteiger partial charge on any atom is 0.399 e. The number of halogens is 3. The lowest BCUT2D eigenvalue weighted by molar-refractivity contribution is -0.181. The highest BCUT2D eigenvalue weighted by Crippen LogP contribution is 2.41. The number of carbonyl (C=O) groups is 2. The lowest BCUT2D eigenvalue weighted by Gasteiger charge is -2.27. The number of nitrogens with zero attached hydrogens (tertiary/aromatic N) is 3. The van der Waals surface area contributed by atoms with E-state index < -0.39 is 29.6 Å². The highest BCUT2D eigenvalue weighted by Gasteiger charge is 2.49. The van der Waals surface area contributed by atoms with Gasteiger partial charge in [-0.1, -0.05) is 17.9 Å². The topological polar surface area (TPSA) is 101 Å². The van der Waals surface area contributed by atoms with Crippen LogP contribution in [0.1, 0.15) is 31.7 Å². The number of aromatic nitrogens is 2. The number of carbonyl (C=O) groups excluding carboxylic acids is 2. The summed E-state index contributed by atoms with van der Waals surface area (Å²) in [7, 11) is 0. The third-order valence-electron chi connectivity index (χ3n) is 5.28. The first-order valence-corrected chi connectivity index (χ1v) is 10.2. The summed E-state index contributed by atoms with van der Waals surface area (Å²) in [6.45, 7) is 7.92. The average molecular weight is 453 g/mol. The minimum Gasteiger partial charge on any atom is -0.368 e. The van der Waals surface area contributed by atoms with Gasteiger partial charge >= 0.3 is 12.2 Å². The molecule has 1 fully saturated rings. The highest BCUT2D eigenvalue weighted by molar-refractivity contribution is 7.19. The van der Waals surface area contributed by atoms with Gasteiger partial charge in [0.05, 0.1) is 16.3 Å². The Labute approximate surface area is 181 Å². The number of thiazole rings is 1. The van der Waals surface area contributed by atoms with E-state index in [9.17, 15) is 22.8 Å². The fourth-order valence-electron chi connectivity index (χ4n) is 3.26. The number of anilines is 1. The number of nitrogens with one attached hydrogen (secondary N) is 1. The fourth-order valence-corrected chi connectivity index (χ4v) is 4.22. The molecule has 0 radical (unpaired) electrons. The Morgan fingerprint density at radius 3 is 2.65 bits per heavy atom. The van der Waals surface area contributed by atoms with Gasteiger partial charge in [0.1, 0.15) is 11.5 Å². The van der Waals surface area contributed by atoms with Crippen LogP contribution in [0.25, 0.3) is 10.4 Å². The molecule has 0 aromatic carbocycles. The van der Waals surface area contributed by atoms with Crippen molar-refractivity contribution >= 4 is 28.4 Å². The van der Waals surface area contributed by atoms with Crippen LogP contribution in [0.15, 0.2) is 30.5 Å². The second kappa shape index (κ2) is 7.95. The van der Waals surface area contributed by atoms with E-state index in [1.807, 2.05) is 0 Å². The summed E-state index contributed by atoms with van der Waals surface area (Å²) in [6.07, 6.45) is -2.67. The molecule has 0 saturated carbocycles. The van der Waals surface area contributed by atoms with Gasteiger partial charge in [-0.25, -0.2) is 9.78 Å². The third kappa shape index (κ3) is 4.27. The molecule has 1 atom stereocenters. The van der Waals surface area contributed by atoms with E-state index in [0.29, 0.717) is 34.7 Å². The summed E-state index contributed by atoms with van der Waals surface area (Å²) >= 11 is 1.12. The van der Waals surface area contributed by atoms with Gasteiger partial charge in [0.2, 0.25) is 5.91 Å². The Bertz CT molecular complexity index is 1050. The molecule has 0 unspecified atom stereocenters. The first-order valence-electron chi connectivity index (χ1n) is 9.38. The van der Waals surface area contributed by atoms with Gasteiger partial charge in [-0.15, -0.1) is 0 Å². The molecule has 0 bridgehead atoms. The number of alkyl halides is 3. The van der Waals surface area contributed by atoms with Crippen LogP contribution in [0.3, 0.4) is 0 Å². The van der Waals surface area contributed by atoms with Crippen molar-refractivity contribution in [3.8, 4) is 10.4 Å². The molecule has 166 valence electrons. The molecule has 0 spiro atoms. The SMILES string of the molecule is C=C1CCN(C(=O)Nc2nc(C)c(-c3ccnc(C(C)(C)C(F)(F)F)c3)s2)[C@@H]1C(N)=O. The monoisotopic (exact) mass is 453 g/mol. The lowest BCUT2D eigenvalue weighted by Crippen LogP contribution is -2.46. The predicted octanol–water partition coefficient (Wildman–Crippen LogP) is 4.00. The molecule has 2 aromatic heterocycles. The van der Waals surface area contributed by atoms with Crippen LogP contribution < -0.4 is 11.1 Å². The molecule has 2 aromatic rings. The normalized spacial score (nSPS) is 17.2. The van der Waals surface area contributed by atoms with Gasteiger partial charge < -0.3 is 10.6 Å². The Balaban J connectivity index is 1.85. The molecule has 11 heteroatoms. The predicted molar refractivity (Wildman–Crippen MR) is 112 cm³/mol. The smallest absolute Gasteiger partial charge is 0.368 e. The van der Waals surface area contributed by atoms with Gasteiger partial charge in [-0.05, 0) is 50.5 Å². The summed E-state index contributed by atoms with van der Waals surface area (Å²) in [6, 6.07) is 1.55. The summed E-state index contributed by atoms with van der Waals surface area (Å²) in [5.41, 5.74) is 4.76. The number of pyridine rings is 1. The summed E-state index contributed by atoms with van der Waals surface area (Å²) in [5, 5.41) is 2.90. The molecule has 1 aliphatic rings. The Morgan fingerprint density at radius 2 is 2.03 bits per heavy atom. The molecule has 7 nitrogen and oxygen atoms in total. The van der Waals surface area contributed by atoms with E-state index in [1.165, 1.54) is 17.2 Å². The maximum absolute atomic E-state index is 13.4. The van der Waals surface area contributed by atoms with E-state index in [1.54, 1.807) is 13.0 Å². The largest absolute Gasteiger partial charge is 0.399 e. The van der Waals surface area contributed by atoms with Crippen molar-refractivity contribution in [2.24, 2.45) is 5.73 Å². The summed E-state index contributed by atoms with van der Waals surface area (Å²) < 4.78 is 40.2. The summed E-state index contributed by atoms with van der Waals surface area (Å²) in [5.74, 6) is -0.662. The number of rotatable bonds is 4. The Morgan fingerprint density at radius 1 is 1.35 bits per heavy atom. The van der Waals surface area contributed by atoms with E-state index in [2.05, 4.69) is 21.9 Å². The number of urea groups is 1. The molecule has 3 N–H and O–H groups in total. The van der Waals surface area contributed by atoms with Gasteiger partial charge in [0.25, 0.3) is 0 Å². The highest BCUT2D eigenvalue weighted by atomic mass is 32.1. The quantitative estimate of drug-likeness (QED) is 0.683. The minimum atomic E-state index is -4.46. The van der Waals surface area contributed by atoms with Crippen LogP contribution in [0.2, 0.25) is 0 Å². The van der Waals surface area contributed by atoms with E-state index >= 15 is 0 Å². The van der Waals surface area contributed by atoms with E-state index in [0.717, 1.165) is 25.2 Å². The number of nitrogens with two attached hydrogens (primary N) is 1. The molecule has 3 heterocycles. The number of primary amides is 1. The zero-order valence-corrected chi connectivity index (χ0v) is 18.0. The molecule has 1 saturated heterocycles. The van der Waals surface area contributed by atoms with Gasteiger partial charge in [0, 0.05) is 12.7 Å². The molecule has 31 heavy (non-hydrogen) atoms. The Kier molecular flexibility index (Phi) is 5.83. The molecule has 0 aliphatic carbocycles. The van der Waals surface area contributed by atoms with Gasteiger partial charge in [-0.3, -0.25) is 15.1 Å². The second-order valence-electron chi connectivity index (χ2n) is 7.82. The summed E-state index contributed by atoms with van der Waals surface area (Å²) in [4.78, 5) is 34.4. The van der Waals surface area contributed by atoms with Crippen molar-refractivity contribution in [3.63, 3.8) is 0 Å². The van der Waals surface area contributed by atoms with Crippen LogP contribution in [0, 0.1) is 6.92 Å². The molecule has 3 rings (SSSR count). The van der Waals surface area contributed by atoms with E-state index in [4.69, 9.17) is 5.73 Å². The van der Waals surface area contributed by atoms with Crippen LogP contribution in [-0.2, 0) is 10.2 Å². The second-order valence-corrected chi connectivity index (χ2v) is 8.82. The number of hydrogen-bond donors (Lipinski definition) is 2. The first kappa shape index (κ1) is 22.7. The van der Waals surface area contributed by atoms with Crippen LogP contribution in [0.4, 0.5) is 23.1 Å². The van der Waals surface area contributed by atoms with Crippen LogP contribution >= 0.6 is 11.3 Å². The minimum absolute atomic E-state index is 0.115. The van der Waals surface area contributed by atoms with Crippen molar-refractivity contribution in [1.29, 1.82) is 0 Å². The molecular formula is C20H22F3N5O2S. The lowest BCUT2D eigenvalue weighted by atomic mass is 9.87. The van der Waals surface area contributed by atoms with Crippen LogP contribution in [0.5, 0.6) is 0 Å². The van der Waals surface area contributed by atoms with Gasteiger partial charge in [0.15, 0.2) is 5.13 Å². The zero-order valence-electron chi connectivity index (χ0n) is 17.2. The average Bonchev–Trinajstić information content (AvgIpc) is 3.23. The van der Waals surface area contributed by atoms with Crippen molar-refractivity contribution in [3.05, 3.63) is 41.9 Å². The number of hydrogen-bond acceptors (Lipinski definition) is 5. The Hall–Kier alpha value is -2.95.